The maximum Gasteiger partial charge on any atom is 0.328 e. The fraction of sp³-hybridized carbons (Fsp3) is 0.923. The summed E-state index contributed by atoms with van der Waals surface area (Å²) in [7, 11) is 0. The lowest BCUT2D eigenvalue weighted by molar-refractivity contribution is -0.148. The number of nitrogens with one attached hydrogen (secondary N) is 1. The first-order chi connectivity index (χ1) is 14.6. The largest absolute Gasteiger partial charge is 0.464 e. The van der Waals surface area contributed by atoms with E-state index in [2.05, 4.69) is 12.2 Å². The molecule has 30 heavy (non-hydrogen) atoms. The van der Waals surface area contributed by atoms with Gasteiger partial charge in [0.25, 0.3) is 0 Å². The van der Waals surface area contributed by atoms with Crippen molar-refractivity contribution < 1.29 is 14.3 Å². The number of esters is 1. The number of carbonyl (C=O) groups is 2. The van der Waals surface area contributed by atoms with E-state index in [1.54, 1.807) is 6.92 Å². The molecular weight excluding hydrogens is 374 g/mol. The molecule has 1 fully saturated rings. The van der Waals surface area contributed by atoms with Gasteiger partial charge < -0.3 is 10.1 Å². The van der Waals surface area contributed by atoms with Gasteiger partial charge in [0.2, 0.25) is 5.91 Å². The van der Waals surface area contributed by atoms with Crippen LogP contribution in [0, 0.1) is 5.92 Å². The molecule has 1 aliphatic carbocycles. The minimum Gasteiger partial charge on any atom is -0.464 e. The van der Waals surface area contributed by atoms with Crippen LogP contribution in [0.15, 0.2) is 0 Å². The molecule has 1 amide bonds. The van der Waals surface area contributed by atoms with E-state index in [4.69, 9.17) is 4.74 Å². The van der Waals surface area contributed by atoms with Gasteiger partial charge in [-0.05, 0) is 26.2 Å². The third-order valence-corrected chi connectivity index (χ3v) is 6.43. The highest BCUT2D eigenvalue weighted by atomic mass is 16.5. The van der Waals surface area contributed by atoms with E-state index in [0.717, 1.165) is 38.5 Å². The molecule has 1 aliphatic rings. The maximum atomic E-state index is 12.2. The van der Waals surface area contributed by atoms with Gasteiger partial charge in [-0.15, -0.1) is 0 Å². The molecule has 0 saturated heterocycles. The summed E-state index contributed by atoms with van der Waals surface area (Å²) in [6, 6.07) is -0.536. The fourth-order valence-corrected chi connectivity index (χ4v) is 4.35. The fourth-order valence-electron chi connectivity index (χ4n) is 4.35. The lowest BCUT2D eigenvalue weighted by Crippen LogP contribution is -2.43. The van der Waals surface area contributed by atoms with Gasteiger partial charge in [0.05, 0.1) is 6.61 Å². The SMILES string of the molecule is CCCCCCCCCCCCCCCCOC(=O)C(C)NC(=O)C1CCCCC1. The highest BCUT2D eigenvalue weighted by Gasteiger charge is 2.24. The minimum absolute atomic E-state index is 0.0237. The molecule has 176 valence electrons. The molecule has 0 heterocycles. The van der Waals surface area contributed by atoms with Crippen molar-refractivity contribution in [2.24, 2.45) is 5.92 Å². The zero-order valence-electron chi connectivity index (χ0n) is 20.0. The zero-order chi connectivity index (χ0) is 21.9. The number of hydrogen-bond donors (Lipinski definition) is 1. The van der Waals surface area contributed by atoms with Crippen LogP contribution in [0.5, 0.6) is 0 Å². The minimum atomic E-state index is -0.536. The second-order valence-corrected chi connectivity index (χ2v) is 9.33. The Morgan fingerprint density at radius 1 is 0.767 bits per heavy atom. The first-order valence-electron chi connectivity index (χ1n) is 13.1. The van der Waals surface area contributed by atoms with Crippen molar-refractivity contribution in [2.45, 2.75) is 142 Å². The number of amides is 1. The molecule has 0 spiro atoms. The van der Waals surface area contributed by atoms with Gasteiger partial charge >= 0.3 is 5.97 Å². The monoisotopic (exact) mass is 423 g/mol. The molecule has 0 radical (unpaired) electrons. The van der Waals surface area contributed by atoms with Crippen LogP contribution in [-0.4, -0.2) is 24.5 Å². The van der Waals surface area contributed by atoms with Crippen LogP contribution >= 0.6 is 0 Å². The molecule has 0 aromatic carbocycles. The molecular formula is C26H49NO3. The second-order valence-electron chi connectivity index (χ2n) is 9.33. The van der Waals surface area contributed by atoms with E-state index in [9.17, 15) is 9.59 Å². The predicted octanol–water partition coefficient (Wildman–Crippen LogP) is 7.10. The smallest absolute Gasteiger partial charge is 0.328 e. The number of carbonyl (C=O) groups excluding carboxylic acids is 2. The van der Waals surface area contributed by atoms with Crippen LogP contribution in [0.1, 0.15) is 136 Å². The summed E-state index contributed by atoms with van der Waals surface area (Å²) in [5.41, 5.74) is 0. The van der Waals surface area contributed by atoms with Gasteiger partial charge in [-0.3, -0.25) is 4.79 Å². The van der Waals surface area contributed by atoms with Crippen molar-refractivity contribution in [3.63, 3.8) is 0 Å². The van der Waals surface area contributed by atoms with Gasteiger partial charge in [0.15, 0.2) is 0 Å². The van der Waals surface area contributed by atoms with Crippen LogP contribution in [-0.2, 0) is 14.3 Å². The van der Waals surface area contributed by atoms with Crippen molar-refractivity contribution >= 4 is 11.9 Å². The average molecular weight is 424 g/mol. The third kappa shape index (κ3) is 14.0. The van der Waals surface area contributed by atoms with E-state index >= 15 is 0 Å². The lowest BCUT2D eigenvalue weighted by Gasteiger charge is -2.22. The predicted molar refractivity (Wildman–Crippen MR) is 125 cm³/mol. The van der Waals surface area contributed by atoms with Crippen LogP contribution in [0.3, 0.4) is 0 Å². The molecule has 0 aromatic rings. The Bertz CT molecular complexity index is 432. The third-order valence-electron chi connectivity index (χ3n) is 6.43. The maximum absolute atomic E-state index is 12.2. The number of hydrogen-bond acceptors (Lipinski definition) is 3. The standard InChI is InChI=1S/C26H49NO3/c1-3-4-5-6-7-8-9-10-11-12-13-14-15-19-22-30-26(29)23(2)27-25(28)24-20-17-16-18-21-24/h23-24H,3-22H2,1-2H3,(H,27,28). The number of ether oxygens (including phenoxy) is 1. The summed E-state index contributed by atoms with van der Waals surface area (Å²) in [4.78, 5) is 24.3. The zero-order valence-corrected chi connectivity index (χ0v) is 20.0. The quantitative estimate of drug-likeness (QED) is 0.189. The Hall–Kier alpha value is -1.06. The Morgan fingerprint density at radius 2 is 1.23 bits per heavy atom. The lowest BCUT2D eigenvalue weighted by atomic mass is 9.88. The molecule has 1 unspecified atom stereocenters. The van der Waals surface area contributed by atoms with Gasteiger partial charge in [-0.1, -0.05) is 110 Å². The van der Waals surface area contributed by atoms with Gasteiger partial charge in [0, 0.05) is 5.92 Å². The van der Waals surface area contributed by atoms with Crippen molar-refractivity contribution in [1.82, 2.24) is 5.32 Å². The molecule has 1 saturated carbocycles. The Balaban J connectivity index is 1.86. The van der Waals surface area contributed by atoms with Gasteiger partial charge in [0.1, 0.15) is 6.04 Å². The number of rotatable bonds is 18. The molecule has 0 aliphatic heterocycles. The molecule has 0 bridgehead atoms. The van der Waals surface area contributed by atoms with Gasteiger partial charge in [-0.25, -0.2) is 4.79 Å². The molecule has 4 nitrogen and oxygen atoms in total. The molecule has 0 aromatic heterocycles. The Morgan fingerprint density at radius 3 is 1.73 bits per heavy atom. The van der Waals surface area contributed by atoms with Crippen LogP contribution in [0.25, 0.3) is 0 Å². The Kier molecular flexibility index (Phi) is 16.8. The molecule has 1 N–H and O–H groups in total. The normalized spacial score (nSPS) is 15.7. The van der Waals surface area contributed by atoms with E-state index in [1.165, 1.54) is 83.5 Å². The van der Waals surface area contributed by atoms with Crippen LogP contribution < -0.4 is 5.32 Å². The van der Waals surface area contributed by atoms with E-state index in [-0.39, 0.29) is 17.8 Å². The summed E-state index contributed by atoms with van der Waals surface area (Å²) in [6.07, 6.45) is 23.8. The highest BCUT2D eigenvalue weighted by molar-refractivity contribution is 5.85. The van der Waals surface area contributed by atoms with Crippen molar-refractivity contribution in [2.75, 3.05) is 6.61 Å². The summed E-state index contributed by atoms with van der Waals surface area (Å²) in [5.74, 6) is -0.190. The first kappa shape index (κ1) is 27.0. The van der Waals surface area contributed by atoms with Crippen molar-refractivity contribution in [1.29, 1.82) is 0 Å². The van der Waals surface area contributed by atoms with Gasteiger partial charge in [-0.2, -0.15) is 0 Å². The van der Waals surface area contributed by atoms with Crippen molar-refractivity contribution in [3.8, 4) is 0 Å². The first-order valence-corrected chi connectivity index (χ1v) is 13.1. The van der Waals surface area contributed by atoms with Crippen LogP contribution in [0.4, 0.5) is 0 Å². The second kappa shape index (κ2) is 18.7. The average Bonchev–Trinajstić information content (AvgIpc) is 2.76. The van der Waals surface area contributed by atoms with E-state index < -0.39 is 6.04 Å². The molecule has 1 atom stereocenters. The molecule has 4 heteroatoms. The van der Waals surface area contributed by atoms with E-state index in [0.29, 0.717) is 6.61 Å². The van der Waals surface area contributed by atoms with E-state index in [1.807, 2.05) is 0 Å². The van der Waals surface area contributed by atoms with Crippen LogP contribution in [0.2, 0.25) is 0 Å². The molecule has 1 rings (SSSR count). The number of unbranched alkanes of at least 4 members (excludes halogenated alkanes) is 13. The summed E-state index contributed by atoms with van der Waals surface area (Å²) < 4.78 is 5.35. The Labute approximate surface area is 186 Å². The summed E-state index contributed by atoms with van der Waals surface area (Å²) in [6.45, 7) is 4.47. The summed E-state index contributed by atoms with van der Waals surface area (Å²) >= 11 is 0. The van der Waals surface area contributed by atoms with Crippen molar-refractivity contribution in [3.05, 3.63) is 0 Å². The summed E-state index contributed by atoms with van der Waals surface area (Å²) in [5, 5.41) is 2.84. The highest BCUT2D eigenvalue weighted by Crippen LogP contribution is 2.23. The topological polar surface area (TPSA) is 55.4 Å².